The van der Waals surface area contributed by atoms with Crippen LogP contribution in [0.4, 0.5) is 5.82 Å². The summed E-state index contributed by atoms with van der Waals surface area (Å²) >= 11 is 0. The number of nitrogens with zero attached hydrogens (tertiary/aromatic N) is 4. The van der Waals surface area contributed by atoms with Crippen LogP contribution in [0, 0.1) is 17.2 Å². The Morgan fingerprint density at radius 2 is 1.87 bits per heavy atom. The lowest BCUT2D eigenvalue weighted by Gasteiger charge is -2.19. The molecule has 0 aliphatic rings. The lowest BCUT2D eigenvalue weighted by molar-refractivity contribution is -0.147. The lowest BCUT2D eigenvalue weighted by Crippen LogP contribution is -2.31. The van der Waals surface area contributed by atoms with E-state index in [-0.39, 0.29) is 32.7 Å². The number of hydrogen-bond acceptors (Lipinski definition) is 10. The molecule has 214 valence electrons. The topological polar surface area (TPSA) is 185 Å². The molecule has 39 heavy (non-hydrogen) atoms. The molecule has 0 aliphatic heterocycles. The van der Waals surface area contributed by atoms with Gasteiger partial charge in [-0.25, -0.2) is 19.8 Å². The molecule has 5 N–H and O–H groups in total. The number of rotatable bonds is 9. The summed E-state index contributed by atoms with van der Waals surface area (Å²) in [5.41, 5.74) is 7.54. The van der Waals surface area contributed by atoms with E-state index in [0.29, 0.717) is 18.2 Å². The monoisotopic (exact) mass is 562 g/mol. The summed E-state index contributed by atoms with van der Waals surface area (Å²) in [5.74, 6) is 0.414. The normalized spacial score (nSPS) is 12.0. The molecule has 0 saturated carbocycles. The molecule has 0 bridgehead atoms. The van der Waals surface area contributed by atoms with Gasteiger partial charge < -0.3 is 25.4 Å². The maximum absolute atomic E-state index is 11.2. The fourth-order valence-corrected chi connectivity index (χ4v) is 3.02. The molecule has 0 amide bonds. The Labute approximate surface area is 231 Å². The Morgan fingerprint density at radius 1 is 1.23 bits per heavy atom. The van der Waals surface area contributed by atoms with Gasteiger partial charge in [-0.15, -0.1) is 0 Å². The molecule has 2 aromatic heterocycles. The minimum absolute atomic E-state index is 0.0247. The van der Waals surface area contributed by atoms with Gasteiger partial charge in [0.15, 0.2) is 5.82 Å². The number of hydrogen-bond donors (Lipinski definition) is 4. The van der Waals surface area contributed by atoms with E-state index < -0.39 is 6.04 Å². The molecule has 2 unspecified atom stereocenters. The molecular formula is C26H39N6O6P. The van der Waals surface area contributed by atoms with Gasteiger partial charge >= 0.3 is 5.97 Å². The van der Waals surface area contributed by atoms with Crippen molar-refractivity contribution >= 4 is 25.9 Å². The number of nitriles is 1. The van der Waals surface area contributed by atoms with Crippen LogP contribution in [0.15, 0.2) is 48.8 Å². The molecule has 2 heterocycles. The van der Waals surface area contributed by atoms with Crippen LogP contribution in [0.2, 0.25) is 0 Å². The van der Waals surface area contributed by atoms with Gasteiger partial charge in [0.2, 0.25) is 8.61 Å². The van der Waals surface area contributed by atoms with Crippen LogP contribution in [0.5, 0.6) is 5.75 Å². The van der Waals surface area contributed by atoms with Gasteiger partial charge in [0.05, 0.1) is 19.3 Å². The second kappa shape index (κ2) is 19.4. The number of aliphatic hydroxyl groups excluding tert-OH is 1. The quantitative estimate of drug-likeness (QED) is 0.221. The summed E-state index contributed by atoms with van der Waals surface area (Å²) < 4.78 is 22.0. The Balaban J connectivity index is 0.000000580. The molecule has 0 fully saturated rings. The van der Waals surface area contributed by atoms with Crippen molar-refractivity contribution in [2.75, 3.05) is 26.1 Å². The minimum Gasteiger partial charge on any atom is -0.508 e. The Hall–Kier alpha value is -3.62. The number of nitrogen functional groups attached to an aromatic ring is 1. The molecule has 3 aromatic rings. The van der Waals surface area contributed by atoms with E-state index in [9.17, 15) is 9.36 Å². The van der Waals surface area contributed by atoms with Gasteiger partial charge in [0.25, 0.3) is 0 Å². The number of ether oxygens (including phenoxy) is 2. The first-order valence-corrected chi connectivity index (χ1v) is 12.8. The highest BCUT2D eigenvalue weighted by Gasteiger charge is 2.18. The highest BCUT2D eigenvalue weighted by molar-refractivity contribution is 7.21. The average Bonchev–Trinajstić information content (AvgIpc) is 3.34. The fourth-order valence-electron chi connectivity index (χ4n) is 2.76. The number of phenolic OH excluding ortho intramolecular Hbond substituents is 1. The van der Waals surface area contributed by atoms with Crippen molar-refractivity contribution in [2.24, 2.45) is 5.41 Å². The number of carbonyl (C=O) groups excluding carboxylic acids is 1. The zero-order valence-electron chi connectivity index (χ0n) is 23.0. The number of carbonyl (C=O) groups is 1. The number of aromatic hydroxyl groups is 1. The number of aromatic nitrogens is 3. The molecule has 1 aromatic carbocycles. The molecule has 12 nitrogen and oxygen atoms in total. The van der Waals surface area contributed by atoms with Crippen molar-refractivity contribution in [3.05, 3.63) is 54.5 Å². The second-order valence-corrected chi connectivity index (χ2v) is 9.73. The van der Waals surface area contributed by atoms with Crippen LogP contribution in [0.3, 0.4) is 0 Å². The summed E-state index contributed by atoms with van der Waals surface area (Å²) in [6, 6.07) is 12.0. The highest BCUT2D eigenvalue weighted by atomic mass is 31.1. The van der Waals surface area contributed by atoms with Crippen molar-refractivity contribution in [1.29, 1.82) is 5.26 Å². The number of anilines is 1. The first-order valence-electron chi connectivity index (χ1n) is 12.0. The van der Waals surface area contributed by atoms with Crippen LogP contribution < -0.4 is 10.8 Å². The number of aryl methyl sites for hydroxylation is 1. The van der Waals surface area contributed by atoms with E-state index in [4.69, 9.17) is 30.7 Å². The van der Waals surface area contributed by atoms with Gasteiger partial charge in [-0.1, -0.05) is 39.0 Å². The highest BCUT2D eigenvalue weighted by Crippen LogP contribution is 2.15. The number of benzene rings is 1. The largest absolute Gasteiger partial charge is 0.508 e. The SMILES string of the molecule is C#N.CC(NP=O)C(=O)OCC(C)(C)C.COC(CO)CCc1ccc2c(N)ncnn12.Oc1ccccc1. The summed E-state index contributed by atoms with van der Waals surface area (Å²) in [4.78, 5) is 15.1. The predicted octanol–water partition coefficient (Wildman–Crippen LogP) is 3.54. The standard InChI is InChI=1S/C11H16N4O2.C8H16NO3P.C6H6O.CHN/c1-17-9(6-16)4-2-8-3-5-10-11(12)13-7-14-15(8)10;1-6(9-13-11)7(10)12-5-8(2,3)4;7-6-4-2-1-3-5-6;1-2/h3,5,7,9,16H,2,4,6H2,1H3,(H2,12,13,14);6H,5H2,1-4H3,(H,9,11);1-5,7H;1H. The molecule has 13 heteroatoms. The maximum atomic E-state index is 11.2. The number of aliphatic hydroxyl groups is 1. The molecular weight excluding hydrogens is 523 g/mol. The van der Waals surface area contributed by atoms with E-state index in [1.54, 1.807) is 42.8 Å². The number of esters is 1. The van der Waals surface area contributed by atoms with E-state index in [2.05, 4.69) is 21.7 Å². The van der Waals surface area contributed by atoms with Crippen LogP contribution in [-0.4, -0.2) is 63.2 Å². The fraction of sp³-hybridized carbons (Fsp3) is 0.462. The van der Waals surface area contributed by atoms with Gasteiger partial charge in [-0.05, 0) is 49.4 Å². The zero-order chi connectivity index (χ0) is 29.8. The number of nitrogens with one attached hydrogen (secondary N) is 1. The van der Waals surface area contributed by atoms with Crippen molar-refractivity contribution in [3.8, 4) is 12.3 Å². The smallest absolute Gasteiger partial charge is 0.323 e. The third kappa shape index (κ3) is 14.8. The molecule has 0 aliphatic carbocycles. The summed E-state index contributed by atoms with van der Waals surface area (Å²) in [7, 11) is 1.34. The third-order valence-corrected chi connectivity index (χ3v) is 5.32. The number of methoxy groups -OCH3 is 1. The van der Waals surface area contributed by atoms with E-state index in [1.807, 2.05) is 39.0 Å². The molecule has 0 radical (unpaired) electrons. The minimum atomic E-state index is -0.526. The molecule has 0 spiro atoms. The summed E-state index contributed by atoms with van der Waals surface area (Å²) in [6.07, 6.45) is 2.80. The summed E-state index contributed by atoms with van der Waals surface area (Å²) in [5, 5.41) is 30.7. The van der Waals surface area contributed by atoms with Crippen LogP contribution in [-0.2, 0) is 25.3 Å². The van der Waals surface area contributed by atoms with Crippen LogP contribution >= 0.6 is 8.61 Å². The predicted molar refractivity (Wildman–Crippen MR) is 149 cm³/mol. The second-order valence-electron chi connectivity index (χ2n) is 9.29. The number of para-hydroxylation sites is 1. The Morgan fingerprint density at radius 3 is 2.36 bits per heavy atom. The van der Waals surface area contributed by atoms with Gasteiger partial charge in [0.1, 0.15) is 23.6 Å². The number of nitrogens with two attached hydrogens (primary N) is 1. The maximum Gasteiger partial charge on any atom is 0.323 e. The van der Waals surface area contributed by atoms with Gasteiger partial charge in [-0.3, -0.25) is 9.36 Å². The van der Waals surface area contributed by atoms with Crippen molar-refractivity contribution < 1.29 is 29.0 Å². The van der Waals surface area contributed by atoms with Gasteiger partial charge in [0, 0.05) is 19.4 Å². The third-order valence-electron chi connectivity index (χ3n) is 4.82. The number of fused-ring (bicyclic) bond motifs is 1. The van der Waals surface area contributed by atoms with Crippen molar-refractivity contribution in [3.63, 3.8) is 0 Å². The van der Waals surface area contributed by atoms with E-state index in [1.165, 1.54) is 6.33 Å². The average molecular weight is 563 g/mol. The molecule has 2 atom stereocenters. The lowest BCUT2D eigenvalue weighted by atomic mass is 9.99. The van der Waals surface area contributed by atoms with Crippen LogP contribution in [0.25, 0.3) is 5.52 Å². The first-order chi connectivity index (χ1) is 18.5. The van der Waals surface area contributed by atoms with E-state index >= 15 is 0 Å². The Bertz CT molecular complexity index is 1120. The number of phenols is 1. The van der Waals surface area contributed by atoms with Crippen molar-refractivity contribution in [2.45, 2.75) is 52.7 Å². The Kier molecular flexibility index (Phi) is 17.6. The first kappa shape index (κ1) is 35.4. The van der Waals surface area contributed by atoms with E-state index in [0.717, 1.165) is 24.1 Å². The van der Waals surface area contributed by atoms with Crippen molar-refractivity contribution in [1.82, 2.24) is 19.7 Å². The van der Waals surface area contributed by atoms with Gasteiger partial charge in [-0.2, -0.15) is 5.10 Å². The van der Waals surface area contributed by atoms with Crippen LogP contribution in [0.1, 0.15) is 39.8 Å². The molecule has 0 saturated heterocycles. The summed E-state index contributed by atoms with van der Waals surface area (Å²) in [6.45, 7) is 11.4. The molecule has 3 rings (SSSR count). The zero-order valence-corrected chi connectivity index (χ0v) is 23.9.